The molecule has 1 aliphatic heterocycles. The fourth-order valence-corrected chi connectivity index (χ4v) is 3.05. The highest BCUT2D eigenvalue weighted by Gasteiger charge is 2.31. The Morgan fingerprint density at radius 1 is 1.38 bits per heavy atom. The van der Waals surface area contributed by atoms with Crippen LogP contribution in [0.2, 0.25) is 5.02 Å². The van der Waals surface area contributed by atoms with Crippen LogP contribution in [0.3, 0.4) is 0 Å². The number of halogens is 1. The molecule has 0 saturated carbocycles. The number of nitrogens with zero attached hydrogens (tertiary/aromatic N) is 3. The van der Waals surface area contributed by atoms with Crippen molar-refractivity contribution < 1.29 is 4.79 Å². The number of hydrogen-bond acceptors (Lipinski definition) is 3. The summed E-state index contributed by atoms with van der Waals surface area (Å²) in [5, 5.41) is 0.690. The molecule has 2 rings (SSSR count). The van der Waals surface area contributed by atoms with E-state index in [0.29, 0.717) is 11.1 Å². The van der Waals surface area contributed by atoms with Crippen LogP contribution in [0, 0.1) is 5.41 Å². The van der Waals surface area contributed by atoms with Gasteiger partial charge in [-0.2, -0.15) is 0 Å². The molecule has 1 amide bonds. The van der Waals surface area contributed by atoms with Crippen molar-refractivity contribution in [3.05, 3.63) is 23.5 Å². The van der Waals surface area contributed by atoms with Crippen LogP contribution in [0.5, 0.6) is 0 Å². The fourth-order valence-electron chi connectivity index (χ4n) is 2.81. The number of rotatable bonds is 2. The third-order valence-corrected chi connectivity index (χ3v) is 4.36. The molecule has 0 bridgehead atoms. The Bertz CT molecular complexity index is 504. The summed E-state index contributed by atoms with van der Waals surface area (Å²) in [5.41, 5.74) is 0.718. The van der Waals surface area contributed by atoms with Crippen LogP contribution in [0.25, 0.3) is 0 Å². The van der Waals surface area contributed by atoms with E-state index in [1.54, 1.807) is 12.4 Å². The van der Waals surface area contributed by atoms with Crippen molar-refractivity contribution in [2.75, 3.05) is 25.0 Å². The molecule has 0 unspecified atom stereocenters. The van der Waals surface area contributed by atoms with Crippen LogP contribution >= 0.6 is 11.6 Å². The van der Waals surface area contributed by atoms with Crippen LogP contribution in [0.1, 0.15) is 33.6 Å². The first kappa shape index (κ1) is 16.1. The summed E-state index contributed by atoms with van der Waals surface area (Å²) in [4.78, 5) is 20.6. The Morgan fingerprint density at radius 3 is 2.52 bits per heavy atom. The summed E-state index contributed by atoms with van der Waals surface area (Å²) in [6.07, 6.45) is 5.38. The third kappa shape index (κ3) is 3.67. The molecular formula is C16H24ClN3O. The van der Waals surface area contributed by atoms with Crippen molar-refractivity contribution in [3.8, 4) is 0 Å². The van der Waals surface area contributed by atoms with Gasteiger partial charge in [-0.1, -0.05) is 32.4 Å². The molecule has 0 aromatic carbocycles. The summed E-state index contributed by atoms with van der Waals surface area (Å²) in [7, 11) is 1.92. The van der Waals surface area contributed by atoms with E-state index in [1.165, 1.54) is 0 Å². The first-order valence-corrected chi connectivity index (χ1v) is 7.80. The second-order valence-electron chi connectivity index (χ2n) is 6.71. The molecule has 2 heterocycles. The summed E-state index contributed by atoms with van der Waals surface area (Å²) in [5.74, 6) is 0.211. The van der Waals surface area contributed by atoms with Gasteiger partial charge in [0, 0.05) is 44.0 Å². The van der Waals surface area contributed by atoms with E-state index < -0.39 is 0 Å². The van der Waals surface area contributed by atoms with Gasteiger partial charge in [-0.25, -0.2) is 0 Å². The van der Waals surface area contributed by atoms with Gasteiger partial charge in [0.05, 0.1) is 10.7 Å². The highest BCUT2D eigenvalue weighted by Crippen LogP contribution is 2.29. The van der Waals surface area contributed by atoms with Crippen molar-refractivity contribution in [1.29, 1.82) is 0 Å². The Kier molecular flexibility index (Phi) is 4.77. The van der Waals surface area contributed by atoms with Gasteiger partial charge < -0.3 is 9.80 Å². The maximum atomic E-state index is 12.4. The number of carbonyl (C=O) groups is 1. The minimum Gasteiger partial charge on any atom is -0.370 e. The van der Waals surface area contributed by atoms with E-state index in [2.05, 4.69) is 9.88 Å². The molecule has 21 heavy (non-hydrogen) atoms. The van der Waals surface area contributed by atoms with Crippen LogP contribution in [0.4, 0.5) is 5.69 Å². The second-order valence-corrected chi connectivity index (χ2v) is 7.12. The van der Waals surface area contributed by atoms with E-state index in [4.69, 9.17) is 11.6 Å². The van der Waals surface area contributed by atoms with Crippen molar-refractivity contribution >= 4 is 23.2 Å². The molecule has 0 spiro atoms. The number of carbonyl (C=O) groups excluding carboxylic acids is 1. The second kappa shape index (κ2) is 6.22. The average molecular weight is 310 g/mol. The van der Waals surface area contributed by atoms with E-state index in [9.17, 15) is 4.79 Å². The molecule has 1 saturated heterocycles. The summed E-state index contributed by atoms with van der Waals surface area (Å²) >= 11 is 6.20. The number of piperidine rings is 1. The summed E-state index contributed by atoms with van der Waals surface area (Å²) in [6, 6.07) is 2.26. The van der Waals surface area contributed by atoms with Crippen LogP contribution in [-0.4, -0.2) is 42.0 Å². The van der Waals surface area contributed by atoms with Crippen molar-refractivity contribution in [3.63, 3.8) is 0 Å². The van der Waals surface area contributed by atoms with Crippen LogP contribution in [-0.2, 0) is 4.79 Å². The van der Waals surface area contributed by atoms with Gasteiger partial charge in [0.15, 0.2) is 0 Å². The predicted molar refractivity (Wildman–Crippen MR) is 86.7 cm³/mol. The Hall–Kier alpha value is -1.29. The monoisotopic (exact) mass is 309 g/mol. The lowest BCUT2D eigenvalue weighted by Crippen LogP contribution is -2.48. The molecule has 1 fully saturated rings. The van der Waals surface area contributed by atoms with E-state index >= 15 is 0 Å². The molecule has 0 radical (unpaired) electrons. The van der Waals surface area contributed by atoms with Gasteiger partial charge in [-0.05, 0) is 18.9 Å². The Labute approximate surface area is 132 Å². The maximum absolute atomic E-state index is 12.4. The fraction of sp³-hybridized carbons (Fsp3) is 0.625. The lowest BCUT2D eigenvalue weighted by Gasteiger charge is -2.40. The van der Waals surface area contributed by atoms with E-state index in [0.717, 1.165) is 31.6 Å². The quantitative estimate of drug-likeness (QED) is 0.841. The summed E-state index contributed by atoms with van der Waals surface area (Å²) < 4.78 is 0. The average Bonchev–Trinajstić information content (AvgIpc) is 2.45. The summed E-state index contributed by atoms with van der Waals surface area (Å²) in [6.45, 7) is 7.74. The predicted octanol–water partition coefficient (Wildman–Crippen LogP) is 3.21. The zero-order valence-corrected chi connectivity index (χ0v) is 14.0. The highest BCUT2D eigenvalue weighted by atomic mass is 35.5. The molecule has 116 valence electrons. The molecule has 4 nitrogen and oxygen atoms in total. The Morgan fingerprint density at radius 2 is 2.00 bits per heavy atom. The zero-order valence-electron chi connectivity index (χ0n) is 13.3. The van der Waals surface area contributed by atoms with E-state index in [-0.39, 0.29) is 11.3 Å². The maximum Gasteiger partial charge on any atom is 0.227 e. The lowest BCUT2D eigenvalue weighted by atomic mass is 9.92. The van der Waals surface area contributed by atoms with E-state index in [1.807, 2.05) is 38.8 Å². The number of aromatic nitrogens is 1. The minimum atomic E-state index is -0.319. The molecule has 1 aromatic rings. The van der Waals surface area contributed by atoms with Crippen molar-refractivity contribution in [1.82, 2.24) is 9.88 Å². The molecule has 1 aromatic heterocycles. The largest absolute Gasteiger partial charge is 0.370 e. The molecule has 1 aliphatic rings. The first-order chi connectivity index (χ1) is 9.80. The third-order valence-electron chi connectivity index (χ3n) is 4.07. The number of hydrogen-bond donors (Lipinski definition) is 0. The van der Waals surface area contributed by atoms with Crippen molar-refractivity contribution in [2.45, 2.75) is 39.7 Å². The highest BCUT2D eigenvalue weighted by molar-refractivity contribution is 6.33. The molecular weight excluding hydrogens is 286 g/mol. The van der Waals surface area contributed by atoms with Gasteiger partial charge in [0.1, 0.15) is 0 Å². The number of pyridine rings is 1. The standard InChI is InChI=1S/C16H24ClN3O/c1-16(2,3)15(21)19(4)12-6-9-20(10-7-12)14-5-8-18-11-13(14)17/h5,8,11-12H,6-7,9-10H2,1-4H3. The molecule has 0 aliphatic carbocycles. The smallest absolute Gasteiger partial charge is 0.227 e. The zero-order chi connectivity index (χ0) is 15.6. The SMILES string of the molecule is CN(C(=O)C(C)(C)C)C1CCN(c2ccncc2Cl)CC1. The van der Waals surface area contributed by atoms with Gasteiger partial charge >= 0.3 is 0 Å². The Balaban J connectivity index is 1.98. The van der Waals surface area contributed by atoms with Gasteiger partial charge in [-0.3, -0.25) is 9.78 Å². The normalized spacial score (nSPS) is 16.9. The van der Waals surface area contributed by atoms with Crippen LogP contribution < -0.4 is 4.90 Å². The first-order valence-electron chi connectivity index (χ1n) is 7.42. The molecule has 0 atom stereocenters. The van der Waals surface area contributed by atoms with Gasteiger partial charge in [-0.15, -0.1) is 0 Å². The number of amides is 1. The van der Waals surface area contributed by atoms with Gasteiger partial charge in [0.2, 0.25) is 5.91 Å². The molecule has 0 N–H and O–H groups in total. The van der Waals surface area contributed by atoms with Crippen LogP contribution in [0.15, 0.2) is 18.5 Å². The number of anilines is 1. The van der Waals surface area contributed by atoms with Gasteiger partial charge in [0.25, 0.3) is 0 Å². The molecule has 5 heteroatoms. The van der Waals surface area contributed by atoms with Crippen molar-refractivity contribution in [2.24, 2.45) is 5.41 Å². The lowest BCUT2D eigenvalue weighted by molar-refractivity contribution is -0.140. The topological polar surface area (TPSA) is 36.4 Å². The minimum absolute atomic E-state index is 0.211.